The van der Waals surface area contributed by atoms with Crippen molar-refractivity contribution in [2.45, 2.75) is 38.4 Å². The number of anilines is 2. The summed E-state index contributed by atoms with van der Waals surface area (Å²) in [5.41, 5.74) is 3.15. The number of urea groups is 1. The van der Waals surface area contributed by atoms with Gasteiger partial charge in [-0.2, -0.15) is 5.26 Å². The van der Waals surface area contributed by atoms with Crippen molar-refractivity contribution in [2.24, 2.45) is 0 Å². The number of nitrogens with zero attached hydrogens (tertiary/aromatic N) is 2. The Kier molecular flexibility index (Phi) is 7.14. The Bertz CT molecular complexity index is 1250. The fourth-order valence-electron chi connectivity index (χ4n) is 4.45. The minimum atomic E-state index is -0.321. The molecule has 1 atom stereocenters. The van der Waals surface area contributed by atoms with E-state index in [1.165, 1.54) is 5.56 Å². The van der Waals surface area contributed by atoms with Crippen molar-refractivity contribution in [1.82, 2.24) is 10.2 Å². The van der Waals surface area contributed by atoms with E-state index in [-0.39, 0.29) is 23.5 Å². The molecule has 0 aliphatic carbocycles. The third-order valence-electron chi connectivity index (χ3n) is 6.23. The molecule has 1 heterocycles. The van der Waals surface area contributed by atoms with E-state index < -0.39 is 0 Å². The van der Waals surface area contributed by atoms with Gasteiger partial charge in [-0.05, 0) is 62.2 Å². The summed E-state index contributed by atoms with van der Waals surface area (Å²) < 4.78 is 0. The second-order valence-electron chi connectivity index (χ2n) is 9.41. The molecule has 0 spiro atoms. The molecule has 3 N–H and O–H groups in total. The van der Waals surface area contributed by atoms with Crippen LogP contribution in [0.4, 0.5) is 16.2 Å². The number of nitriles is 1. The quantitative estimate of drug-likeness (QED) is 0.476. The molecular formula is C28H29N5O2. The minimum absolute atomic E-state index is 0.0209. The summed E-state index contributed by atoms with van der Waals surface area (Å²) in [6.07, 6.45) is 0.845. The van der Waals surface area contributed by atoms with E-state index in [0.717, 1.165) is 19.5 Å². The van der Waals surface area contributed by atoms with E-state index in [2.05, 4.69) is 52.9 Å². The van der Waals surface area contributed by atoms with Gasteiger partial charge in [0.15, 0.2) is 0 Å². The highest BCUT2D eigenvalue weighted by Crippen LogP contribution is 2.30. The molecule has 1 saturated heterocycles. The van der Waals surface area contributed by atoms with Gasteiger partial charge in [0.25, 0.3) is 5.91 Å². The molecule has 3 aromatic carbocycles. The molecule has 3 aromatic rings. The van der Waals surface area contributed by atoms with Crippen LogP contribution in [0.2, 0.25) is 0 Å². The highest BCUT2D eigenvalue weighted by Gasteiger charge is 2.38. The summed E-state index contributed by atoms with van der Waals surface area (Å²) in [4.78, 5) is 27.8. The van der Waals surface area contributed by atoms with Crippen LogP contribution in [0.25, 0.3) is 0 Å². The lowest BCUT2D eigenvalue weighted by atomic mass is 10.00. The highest BCUT2D eigenvalue weighted by molar-refractivity contribution is 6.05. The van der Waals surface area contributed by atoms with Gasteiger partial charge >= 0.3 is 6.03 Å². The summed E-state index contributed by atoms with van der Waals surface area (Å²) >= 11 is 0. The third-order valence-corrected chi connectivity index (χ3v) is 6.23. The maximum atomic E-state index is 12.7. The van der Waals surface area contributed by atoms with Gasteiger partial charge < -0.3 is 16.0 Å². The van der Waals surface area contributed by atoms with Crippen molar-refractivity contribution >= 4 is 23.3 Å². The summed E-state index contributed by atoms with van der Waals surface area (Å²) in [6.45, 7) is 6.00. The van der Waals surface area contributed by atoms with Crippen LogP contribution < -0.4 is 16.0 Å². The summed E-state index contributed by atoms with van der Waals surface area (Å²) in [5.74, 6) is -0.321. The smallest absolute Gasteiger partial charge is 0.319 e. The van der Waals surface area contributed by atoms with Gasteiger partial charge in [0.1, 0.15) is 0 Å². The van der Waals surface area contributed by atoms with Crippen LogP contribution in [0.5, 0.6) is 0 Å². The lowest BCUT2D eigenvalue weighted by Crippen LogP contribution is -2.39. The van der Waals surface area contributed by atoms with Crippen molar-refractivity contribution in [3.05, 3.63) is 95.6 Å². The second kappa shape index (κ2) is 10.4. The van der Waals surface area contributed by atoms with E-state index in [1.54, 1.807) is 48.5 Å². The van der Waals surface area contributed by atoms with Gasteiger partial charge in [-0.25, -0.2) is 4.79 Å². The highest BCUT2D eigenvalue weighted by atomic mass is 16.2. The van der Waals surface area contributed by atoms with Gasteiger partial charge in [0.2, 0.25) is 0 Å². The molecular weight excluding hydrogens is 438 g/mol. The number of carbonyl (C=O) groups excluding carboxylic acids is 2. The van der Waals surface area contributed by atoms with Crippen LogP contribution >= 0.6 is 0 Å². The maximum Gasteiger partial charge on any atom is 0.319 e. The minimum Gasteiger partial charge on any atom is -0.334 e. The Morgan fingerprint density at radius 2 is 1.69 bits per heavy atom. The molecule has 1 unspecified atom stereocenters. The van der Waals surface area contributed by atoms with Crippen molar-refractivity contribution in [3.8, 4) is 6.07 Å². The van der Waals surface area contributed by atoms with Crippen LogP contribution in [0.15, 0.2) is 78.9 Å². The summed E-state index contributed by atoms with van der Waals surface area (Å²) in [7, 11) is 0. The number of nitrogens with one attached hydrogen (secondary N) is 3. The number of hydrogen-bond acceptors (Lipinski definition) is 4. The van der Waals surface area contributed by atoms with Crippen LogP contribution in [0, 0.1) is 11.3 Å². The monoisotopic (exact) mass is 467 g/mol. The summed E-state index contributed by atoms with van der Waals surface area (Å²) in [5, 5.41) is 17.7. The van der Waals surface area contributed by atoms with E-state index >= 15 is 0 Å². The van der Waals surface area contributed by atoms with Gasteiger partial charge in [-0.1, -0.05) is 42.5 Å². The maximum absolute atomic E-state index is 12.7. The predicted octanol–water partition coefficient (Wildman–Crippen LogP) is 4.99. The number of benzene rings is 3. The van der Waals surface area contributed by atoms with E-state index in [0.29, 0.717) is 22.5 Å². The van der Waals surface area contributed by atoms with Crippen molar-refractivity contribution in [2.75, 3.05) is 17.2 Å². The average molecular weight is 468 g/mol. The van der Waals surface area contributed by atoms with Crippen molar-refractivity contribution in [1.29, 1.82) is 5.26 Å². The predicted molar refractivity (Wildman–Crippen MR) is 137 cm³/mol. The number of rotatable bonds is 6. The fourth-order valence-corrected chi connectivity index (χ4v) is 4.45. The zero-order valence-electron chi connectivity index (χ0n) is 19.9. The molecule has 1 aliphatic rings. The fraction of sp³-hybridized carbons (Fsp3) is 0.250. The van der Waals surface area contributed by atoms with Gasteiger partial charge in [-0.15, -0.1) is 0 Å². The standard InChI is InChI=1S/C28H29N5O2/c1-28(2)16-25(19-33(28)18-20-8-4-3-5-9-20)32-27(35)31-24-13-7-11-22(15-24)26(34)30-23-12-6-10-21(14-23)17-29/h3-15,25H,16,18-19H2,1-2H3,(H,30,34)(H2,31,32,35). The molecule has 7 heteroatoms. The molecule has 0 bridgehead atoms. The molecule has 3 amide bonds. The molecule has 0 aromatic heterocycles. The van der Waals surface area contributed by atoms with Crippen LogP contribution in [-0.4, -0.2) is 35.0 Å². The van der Waals surface area contributed by atoms with Gasteiger partial charge in [-0.3, -0.25) is 9.69 Å². The number of hydrogen-bond donors (Lipinski definition) is 3. The Morgan fingerprint density at radius 3 is 2.43 bits per heavy atom. The first kappa shape index (κ1) is 24.0. The van der Waals surface area contributed by atoms with Crippen molar-refractivity contribution in [3.63, 3.8) is 0 Å². The molecule has 178 valence electrons. The molecule has 0 saturated carbocycles. The number of carbonyl (C=O) groups is 2. The normalized spacial score (nSPS) is 16.8. The lowest BCUT2D eigenvalue weighted by Gasteiger charge is -2.31. The van der Waals surface area contributed by atoms with Gasteiger partial charge in [0.05, 0.1) is 11.6 Å². The van der Waals surface area contributed by atoms with Crippen LogP contribution in [-0.2, 0) is 6.54 Å². The Labute approximate surface area is 205 Å². The number of likely N-dealkylation sites (tertiary alicyclic amines) is 1. The number of amides is 3. The SMILES string of the molecule is CC1(C)CC(NC(=O)Nc2cccc(C(=O)Nc3cccc(C#N)c3)c2)CN1Cc1ccccc1. The van der Waals surface area contributed by atoms with E-state index in [4.69, 9.17) is 5.26 Å². The molecule has 0 radical (unpaired) electrons. The topological polar surface area (TPSA) is 97.3 Å². The Morgan fingerprint density at radius 1 is 0.971 bits per heavy atom. The zero-order valence-corrected chi connectivity index (χ0v) is 19.9. The average Bonchev–Trinajstić information content (AvgIpc) is 3.12. The molecule has 4 rings (SSSR count). The Balaban J connectivity index is 1.34. The largest absolute Gasteiger partial charge is 0.334 e. The van der Waals surface area contributed by atoms with Gasteiger partial charge in [0, 0.05) is 41.6 Å². The lowest BCUT2D eigenvalue weighted by molar-refractivity contribution is 0.102. The van der Waals surface area contributed by atoms with Crippen LogP contribution in [0.3, 0.4) is 0 Å². The van der Waals surface area contributed by atoms with Crippen molar-refractivity contribution < 1.29 is 9.59 Å². The molecule has 35 heavy (non-hydrogen) atoms. The van der Waals surface area contributed by atoms with Crippen LogP contribution in [0.1, 0.15) is 41.8 Å². The molecule has 7 nitrogen and oxygen atoms in total. The second-order valence-corrected chi connectivity index (χ2v) is 9.41. The molecule has 1 aliphatic heterocycles. The van der Waals surface area contributed by atoms with E-state index in [9.17, 15) is 9.59 Å². The van der Waals surface area contributed by atoms with E-state index in [1.807, 2.05) is 18.2 Å². The first-order valence-electron chi connectivity index (χ1n) is 11.6. The Hall–Kier alpha value is -4.15. The third kappa shape index (κ3) is 6.25. The zero-order chi connectivity index (χ0) is 24.8. The summed E-state index contributed by atoms with van der Waals surface area (Å²) in [6, 6.07) is 25.6. The first-order chi connectivity index (χ1) is 16.8. The molecule has 1 fully saturated rings. The first-order valence-corrected chi connectivity index (χ1v) is 11.6.